The van der Waals surface area contributed by atoms with Crippen molar-refractivity contribution >= 4 is 40.6 Å². The number of carbonyl (C=O) groups excluding carboxylic acids is 2. The molecule has 0 spiro atoms. The SMILES string of the molecule is Cc1cc(NC(=O)c2cccc(F)c2)sc1C(=O)NCC1CCCNC1.Cl. The van der Waals surface area contributed by atoms with Crippen LogP contribution in [-0.4, -0.2) is 31.4 Å². The van der Waals surface area contributed by atoms with E-state index in [2.05, 4.69) is 16.0 Å². The zero-order valence-electron chi connectivity index (χ0n) is 15.0. The molecule has 1 fully saturated rings. The Labute approximate surface area is 168 Å². The third-order valence-electron chi connectivity index (χ3n) is 4.40. The van der Waals surface area contributed by atoms with Gasteiger partial charge in [0.15, 0.2) is 0 Å². The number of nitrogens with one attached hydrogen (secondary N) is 3. The average molecular weight is 412 g/mol. The van der Waals surface area contributed by atoms with E-state index in [9.17, 15) is 14.0 Å². The highest BCUT2D eigenvalue weighted by Gasteiger charge is 2.18. The number of anilines is 1. The quantitative estimate of drug-likeness (QED) is 0.704. The van der Waals surface area contributed by atoms with E-state index in [1.165, 1.54) is 29.5 Å². The summed E-state index contributed by atoms with van der Waals surface area (Å²) in [4.78, 5) is 25.2. The molecule has 1 atom stereocenters. The first kappa shape index (κ1) is 21.3. The van der Waals surface area contributed by atoms with Crippen LogP contribution in [0.1, 0.15) is 38.4 Å². The summed E-state index contributed by atoms with van der Waals surface area (Å²) in [7, 11) is 0. The molecule has 2 amide bonds. The van der Waals surface area contributed by atoms with E-state index in [1.807, 2.05) is 6.92 Å². The summed E-state index contributed by atoms with van der Waals surface area (Å²) in [6.45, 7) is 4.46. The second-order valence-corrected chi connectivity index (χ2v) is 7.56. The Balaban J connectivity index is 0.00000261. The molecule has 0 radical (unpaired) electrons. The van der Waals surface area contributed by atoms with Crippen molar-refractivity contribution in [3.05, 3.63) is 52.2 Å². The summed E-state index contributed by atoms with van der Waals surface area (Å²) in [5.41, 5.74) is 1.05. The molecule has 1 aliphatic heterocycles. The molecule has 1 aromatic carbocycles. The minimum atomic E-state index is -0.461. The van der Waals surface area contributed by atoms with Crippen molar-refractivity contribution in [2.24, 2.45) is 5.92 Å². The smallest absolute Gasteiger partial charge is 0.261 e. The van der Waals surface area contributed by atoms with Crippen LogP contribution < -0.4 is 16.0 Å². The van der Waals surface area contributed by atoms with Crippen molar-refractivity contribution in [2.75, 3.05) is 25.0 Å². The van der Waals surface area contributed by atoms with Crippen LogP contribution >= 0.6 is 23.7 Å². The van der Waals surface area contributed by atoms with Gasteiger partial charge in [-0.3, -0.25) is 9.59 Å². The maximum Gasteiger partial charge on any atom is 0.261 e. The van der Waals surface area contributed by atoms with Gasteiger partial charge in [0.05, 0.1) is 9.88 Å². The van der Waals surface area contributed by atoms with Crippen LogP contribution in [0.3, 0.4) is 0 Å². The summed E-state index contributed by atoms with van der Waals surface area (Å²) in [5, 5.41) is 9.62. The molecule has 27 heavy (non-hydrogen) atoms. The zero-order chi connectivity index (χ0) is 18.5. The van der Waals surface area contributed by atoms with Gasteiger partial charge >= 0.3 is 0 Å². The summed E-state index contributed by atoms with van der Waals surface area (Å²) in [6, 6.07) is 7.27. The Hall–Kier alpha value is -1.96. The van der Waals surface area contributed by atoms with Crippen molar-refractivity contribution in [1.82, 2.24) is 10.6 Å². The monoisotopic (exact) mass is 411 g/mol. The molecule has 8 heteroatoms. The lowest BCUT2D eigenvalue weighted by Gasteiger charge is -2.22. The highest BCUT2D eigenvalue weighted by atomic mass is 35.5. The Morgan fingerprint density at radius 1 is 1.30 bits per heavy atom. The van der Waals surface area contributed by atoms with E-state index >= 15 is 0 Å². The predicted octanol–water partition coefficient (Wildman–Crippen LogP) is 3.60. The number of hydrogen-bond donors (Lipinski definition) is 3. The van der Waals surface area contributed by atoms with Gasteiger partial charge < -0.3 is 16.0 Å². The van der Waals surface area contributed by atoms with Gasteiger partial charge in [0.2, 0.25) is 0 Å². The number of amides is 2. The van der Waals surface area contributed by atoms with Crippen molar-refractivity contribution in [3.63, 3.8) is 0 Å². The molecule has 0 bridgehead atoms. The highest BCUT2D eigenvalue weighted by Crippen LogP contribution is 2.27. The first-order valence-electron chi connectivity index (χ1n) is 8.69. The summed E-state index contributed by atoms with van der Waals surface area (Å²) in [6.07, 6.45) is 2.25. The maximum absolute atomic E-state index is 13.2. The molecule has 1 aromatic heterocycles. The van der Waals surface area contributed by atoms with Gasteiger partial charge in [0.25, 0.3) is 11.8 Å². The number of benzene rings is 1. The second kappa shape index (κ2) is 9.82. The minimum absolute atomic E-state index is 0. The van der Waals surface area contributed by atoms with E-state index in [0.29, 0.717) is 22.3 Å². The Bertz CT molecular complexity index is 806. The number of thiophene rings is 1. The number of hydrogen-bond acceptors (Lipinski definition) is 4. The molecule has 0 saturated carbocycles. The van der Waals surface area contributed by atoms with Gasteiger partial charge in [0.1, 0.15) is 5.82 Å². The lowest BCUT2D eigenvalue weighted by atomic mass is 10.00. The Kier molecular flexibility index (Phi) is 7.77. The van der Waals surface area contributed by atoms with Crippen molar-refractivity contribution in [3.8, 4) is 0 Å². The zero-order valence-corrected chi connectivity index (χ0v) is 16.6. The van der Waals surface area contributed by atoms with Crippen LogP contribution in [0.4, 0.5) is 9.39 Å². The van der Waals surface area contributed by atoms with Crippen LogP contribution in [-0.2, 0) is 0 Å². The van der Waals surface area contributed by atoms with Crippen LogP contribution in [0.5, 0.6) is 0 Å². The highest BCUT2D eigenvalue weighted by molar-refractivity contribution is 7.18. The van der Waals surface area contributed by atoms with E-state index in [-0.39, 0.29) is 23.9 Å². The molecule has 0 aliphatic carbocycles. The van der Waals surface area contributed by atoms with Crippen molar-refractivity contribution in [2.45, 2.75) is 19.8 Å². The topological polar surface area (TPSA) is 70.2 Å². The third kappa shape index (κ3) is 5.76. The van der Waals surface area contributed by atoms with Crippen LogP contribution in [0, 0.1) is 18.7 Å². The maximum atomic E-state index is 13.2. The standard InChI is InChI=1S/C19H22FN3O2S.ClH/c1-12-8-16(23-18(24)14-5-2-6-15(20)9-14)26-17(12)19(25)22-11-13-4-3-7-21-10-13;/h2,5-6,8-9,13,21H,3-4,7,10-11H2,1H3,(H,22,25)(H,23,24);1H. The summed E-state index contributed by atoms with van der Waals surface area (Å²) >= 11 is 1.23. The average Bonchev–Trinajstić information content (AvgIpc) is 3.01. The van der Waals surface area contributed by atoms with Gasteiger partial charge in [-0.25, -0.2) is 4.39 Å². The molecule has 1 aliphatic rings. The lowest BCUT2D eigenvalue weighted by molar-refractivity contribution is 0.0947. The predicted molar refractivity (Wildman–Crippen MR) is 109 cm³/mol. The molecule has 2 aromatic rings. The molecule has 146 valence electrons. The fourth-order valence-electron chi connectivity index (χ4n) is 3.00. The normalized spacial score (nSPS) is 16.3. The lowest BCUT2D eigenvalue weighted by Crippen LogP contribution is -2.38. The molecule has 1 saturated heterocycles. The minimum Gasteiger partial charge on any atom is -0.351 e. The van der Waals surface area contributed by atoms with E-state index in [0.717, 1.165) is 31.5 Å². The number of piperidine rings is 1. The van der Waals surface area contributed by atoms with E-state index < -0.39 is 11.7 Å². The first-order valence-corrected chi connectivity index (χ1v) is 9.51. The fourth-order valence-corrected chi connectivity index (χ4v) is 3.98. The molecule has 3 N–H and O–H groups in total. The van der Waals surface area contributed by atoms with Gasteiger partial charge in [-0.05, 0) is 68.6 Å². The Morgan fingerprint density at radius 3 is 2.81 bits per heavy atom. The van der Waals surface area contributed by atoms with Gasteiger partial charge in [-0.2, -0.15) is 0 Å². The number of aryl methyl sites for hydroxylation is 1. The van der Waals surface area contributed by atoms with Crippen molar-refractivity contribution in [1.29, 1.82) is 0 Å². The van der Waals surface area contributed by atoms with Crippen molar-refractivity contribution < 1.29 is 14.0 Å². The first-order chi connectivity index (χ1) is 12.5. The number of rotatable bonds is 5. The van der Waals surface area contributed by atoms with Crippen LogP contribution in [0.2, 0.25) is 0 Å². The largest absolute Gasteiger partial charge is 0.351 e. The van der Waals surface area contributed by atoms with Gasteiger partial charge in [0, 0.05) is 12.1 Å². The molecule has 3 rings (SSSR count). The molecule has 5 nitrogen and oxygen atoms in total. The third-order valence-corrected chi connectivity index (χ3v) is 5.55. The number of halogens is 2. The molecule has 2 heterocycles. The summed E-state index contributed by atoms with van der Waals surface area (Å²) < 4.78 is 13.2. The van der Waals surface area contributed by atoms with E-state index in [1.54, 1.807) is 12.1 Å². The Morgan fingerprint density at radius 2 is 2.11 bits per heavy atom. The summed E-state index contributed by atoms with van der Waals surface area (Å²) in [5.74, 6) is -0.521. The number of carbonyl (C=O) groups is 2. The molecule has 1 unspecified atom stereocenters. The van der Waals surface area contributed by atoms with Gasteiger partial charge in [-0.15, -0.1) is 23.7 Å². The van der Waals surface area contributed by atoms with E-state index in [4.69, 9.17) is 0 Å². The second-order valence-electron chi connectivity index (χ2n) is 6.51. The molecular formula is C19H23ClFN3O2S. The fraction of sp³-hybridized carbons (Fsp3) is 0.368. The molecular weight excluding hydrogens is 389 g/mol. The van der Waals surface area contributed by atoms with Gasteiger partial charge in [-0.1, -0.05) is 6.07 Å². The van der Waals surface area contributed by atoms with Crippen LogP contribution in [0.25, 0.3) is 0 Å². The van der Waals surface area contributed by atoms with Crippen LogP contribution in [0.15, 0.2) is 30.3 Å².